The van der Waals surface area contributed by atoms with E-state index in [9.17, 15) is 0 Å². The molecule has 0 saturated carbocycles. The number of ether oxygens (including phenoxy) is 2. The Morgan fingerprint density at radius 2 is 1.79 bits per heavy atom. The van der Waals surface area contributed by atoms with Crippen molar-refractivity contribution in [1.29, 1.82) is 0 Å². The van der Waals surface area contributed by atoms with Crippen LogP contribution in [0.2, 0.25) is 0 Å². The zero-order valence-corrected chi connectivity index (χ0v) is 12.3. The number of quaternary nitrogens is 2. The zero-order valence-electron chi connectivity index (χ0n) is 12.3. The molecule has 2 atom stereocenters. The minimum atomic E-state index is 0.807. The summed E-state index contributed by atoms with van der Waals surface area (Å²) in [5.74, 6) is 1.64. The summed E-state index contributed by atoms with van der Waals surface area (Å²) < 4.78 is 10.6. The number of rotatable bonds is 4. The molecular formula is C15H26N2O2+2. The first-order chi connectivity index (χ1) is 9.22. The second-order valence-corrected chi connectivity index (χ2v) is 5.43. The van der Waals surface area contributed by atoms with Gasteiger partial charge in [0.05, 0.1) is 34.4 Å². The fraction of sp³-hybridized carbons (Fsp3) is 0.600. The Hall–Kier alpha value is -1.26. The van der Waals surface area contributed by atoms with Gasteiger partial charge in [0.15, 0.2) is 11.5 Å². The number of hydrogen-bond donors (Lipinski definition) is 2. The molecule has 1 saturated heterocycles. The molecule has 0 spiro atoms. The third-order valence-corrected chi connectivity index (χ3v) is 3.94. The van der Waals surface area contributed by atoms with Crippen molar-refractivity contribution in [3.05, 3.63) is 23.8 Å². The van der Waals surface area contributed by atoms with Crippen LogP contribution in [-0.4, -0.2) is 47.4 Å². The second kappa shape index (κ2) is 6.78. The lowest BCUT2D eigenvalue weighted by atomic mass is 10.2. The summed E-state index contributed by atoms with van der Waals surface area (Å²) in [4.78, 5) is 3.33. The van der Waals surface area contributed by atoms with Crippen LogP contribution < -0.4 is 19.3 Å². The van der Waals surface area contributed by atoms with Crippen molar-refractivity contribution in [2.75, 3.05) is 47.4 Å². The molecule has 2 N–H and O–H groups in total. The molecule has 106 valence electrons. The summed E-state index contributed by atoms with van der Waals surface area (Å²) in [6, 6.07) is 6.26. The first-order valence-electron chi connectivity index (χ1n) is 7.08. The summed E-state index contributed by atoms with van der Waals surface area (Å²) >= 11 is 0. The Morgan fingerprint density at radius 1 is 1.00 bits per heavy atom. The summed E-state index contributed by atoms with van der Waals surface area (Å²) in [6.45, 7) is 6.16. The summed E-state index contributed by atoms with van der Waals surface area (Å²) in [7, 11) is 5.66. The van der Waals surface area contributed by atoms with Gasteiger partial charge in [-0.2, -0.15) is 0 Å². The molecule has 0 amide bonds. The maximum atomic E-state index is 5.37. The van der Waals surface area contributed by atoms with E-state index in [2.05, 4.69) is 19.2 Å². The third-order valence-electron chi connectivity index (χ3n) is 3.94. The Bertz CT molecular complexity index is 409. The van der Waals surface area contributed by atoms with Crippen molar-refractivity contribution in [3.63, 3.8) is 0 Å². The molecular weight excluding hydrogens is 240 g/mol. The van der Waals surface area contributed by atoms with E-state index in [-0.39, 0.29) is 0 Å². The molecule has 4 heteroatoms. The van der Waals surface area contributed by atoms with E-state index in [4.69, 9.17) is 9.47 Å². The molecule has 0 bridgehead atoms. The number of hydrogen-bond acceptors (Lipinski definition) is 2. The molecule has 19 heavy (non-hydrogen) atoms. The molecule has 2 unspecified atom stereocenters. The molecule has 1 fully saturated rings. The van der Waals surface area contributed by atoms with Crippen LogP contribution in [0.3, 0.4) is 0 Å². The lowest BCUT2D eigenvalue weighted by molar-refractivity contribution is -0.938. The highest BCUT2D eigenvalue weighted by Crippen LogP contribution is 2.27. The highest BCUT2D eigenvalue weighted by atomic mass is 16.5. The van der Waals surface area contributed by atoms with Gasteiger partial charge >= 0.3 is 0 Å². The number of nitrogens with one attached hydrogen (secondary N) is 2. The summed E-state index contributed by atoms with van der Waals surface area (Å²) in [6.07, 6.45) is 1.31. The van der Waals surface area contributed by atoms with E-state index in [1.54, 1.807) is 24.0 Å². The van der Waals surface area contributed by atoms with Crippen LogP contribution in [0.4, 0.5) is 0 Å². The van der Waals surface area contributed by atoms with Crippen LogP contribution in [0.25, 0.3) is 0 Å². The predicted octanol–water partition coefficient (Wildman–Crippen LogP) is -0.993. The fourth-order valence-corrected chi connectivity index (χ4v) is 2.74. The smallest absolute Gasteiger partial charge is 0.161 e. The normalized spacial score (nSPS) is 23.7. The quantitative estimate of drug-likeness (QED) is 0.732. The second-order valence-electron chi connectivity index (χ2n) is 5.43. The molecule has 1 heterocycles. The van der Waals surface area contributed by atoms with Gasteiger partial charge in [0, 0.05) is 12.0 Å². The fourth-order valence-electron chi connectivity index (χ4n) is 2.74. The van der Waals surface area contributed by atoms with Crippen molar-refractivity contribution in [2.45, 2.75) is 13.0 Å². The zero-order chi connectivity index (χ0) is 13.7. The van der Waals surface area contributed by atoms with Gasteiger partial charge in [-0.25, -0.2) is 0 Å². The third kappa shape index (κ3) is 3.85. The van der Waals surface area contributed by atoms with Crippen molar-refractivity contribution in [1.82, 2.24) is 0 Å². The van der Waals surface area contributed by atoms with Gasteiger partial charge in [-0.3, -0.25) is 0 Å². The Morgan fingerprint density at radius 3 is 2.53 bits per heavy atom. The first kappa shape index (κ1) is 14.2. The molecule has 1 aliphatic heterocycles. The largest absolute Gasteiger partial charge is 0.493 e. The molecule has 0 aromatic heterocycles. The Labute approximate surface area is 115 Å². The molecule has 0 aliphatic carbocycles. The minimum Gasteiger partial charge on any atom is -0.493 e. The van der Waals surface area contributed by atoms with Gasteiger partial charge in [-0.15, -0.1) is 0 Å². The van der Waals surface area contributed by atoms with Crippen molar-refractivity contribution < 1.29 is 19.3 Å². The first-order valence-corrected chi connectivity index (χ1v) is 7.08. The van der Waals surface area contributed by atoms with Crippen molar-refractivity contribution >= 4 is 0 Å². The lowest BCUT2D eigenvalue weighted by Gasteiger charge is -2.17. The highest BCUT2D eigenvalue weighted by Gasteiger charge is 2.18. The maximum Gasteiger partial charge on any atom is 0.161 e. The summed E-state index contributed by atoms with van der Waals surface area (Å²) in [5, 5.41) is 0. The van der Waals surface area contributed by atoms with E-state index < -0.39 is 0 Å². The van der Waals surface area contributed by atoms with Crippen LogP contribution in [0.1, 0.15) is 12.0 Å². The van der Waals surface area contributed by atoms with Crippen LogP contribution in [0.15, 0.2) is 18.2 Å². The topological polar surface area (TPSA) is 27.3 Å². The van der Waals surface area contributed by atoms with Gasteiger partial charge in [0.1, 0.15) is 19.6 Å². The highest BCUT2D eigenvalue weighted by molar-refractivity contribution is 5.42. The van der Waals surface area contributed by atoms with E-state index in [0.29, 0.717) is 0 Å². The Kier molecular flexibility index (Phi) is 5.05. The standard InChI is InChI=1S/C15H24N2O2/c1-16-7-4-8-17(10-9-16)12-13-5-6-14(18-2)15(11-13)19-3/h5-6,11H,4,7-10,12H2,1-3H3/p+2. The number of benzene rings is 1. The van der Waals surface area contributed by atoms with Crippen LogP contribution in [0.5, 0.6) is 11.5 Å². The van der Waals surface area contributed by atoms with E-state index in [1.165, 1.54) is 38.2 Å². The Balaban J connectivity index is 2.02. The number of likely N-dealkylation sites (N-methyl/N-ethyl adjacent to an activating group) is 1. The van der Waals surface area contributed by atoms with Gasteiger partial charge in [-0.05, 0) is 18.2 Å². The van der Waals surface area contributed by atoms with Crippen LogP contribution >= 0.6 is 0 Å². The van der Waals surface area contributed by atoms with Crippen LogP contribution in [0, 0.1) is 0 Å². The van der Waals surface area contributed by atoms with Crippen molar-refractivity contribution in [2.24, 2.45) is 0 Å². The van der Waals surface area contributed by atoms with Crippen molar-refractivity contribution in [3.8, 4) is 11.5 Å². The monoisotopic (exact) mass is 266 g/mol. The van der Waals surface area contributed by atoms with Gasteiger partial charge in [-0.1, -0.05) is 0 Å². The van der Waals surface area contributed by atoms with Gasteiger partial charge < -0.3 is 19.3 Å². The molecule has 4 nitrogen and oxygen atoms in total. The van der Waals surface area contributed by atoms with Crippen LogP contribution in [-0.2, 0) is 6.54 Å². The number of methoxy groups -OCH3 is 2. The predicted molar refractivity (Wildman–Crippen MR) is 75.2 cm³/mol. The van der Waals surface area contributed by atoms with Gasteiger partial charge in [0.2, 0.25) is 0 Å². The molecule has 2 rings (SSSR count). The minimum absolute atomic E-state index is 0.807. The van der Waals surface area contributed by atoms with E-state index in [0.717, 1.165) is 18.0 Å². The average molecular weight is 266 g/mol. The SMILES string of the molecule is COc1ccc(C[NH+]2CCC[NH+](C)CC2)cc1OC. The average Bonchev–Trinajstić information content (AvgIpc) is 2.63. The maximum absolute atomic E-state index is 5.37. The summed E-state index contributed by atoms with van der Waals surface area (Å²) in [5.41, 5.74) is 1.33. The van der Waals surface area contributed by atoms with Gasteiger partial charge in [0.25, 0.3) is 0 Å². The molecule has 0 radical (unpaired) electrons. The van der Waals surface area contributed by atoms with E-state index >= 15 is 0 Å². The molecule has 1 aliphatic rings. The lowest BCUT2D eigenvalue weighted by Crippen LogP contribution is -3.15. The van der Waals surface area contributed by atoms with E-state index in [1.807, 2.05) is 6.07 Å². The molecule has 1 aromatic carbocycles. The molecule has 1 aromatic rings.